The van der Waals surface area contributed by atoms with E-state index in [1.54, 1.807) is 25.3 Å². The number of aromatic nitrogens is 3. The number of ether oxygens (including phenoxy) is 1. The van der Waals surface area contributed by atoms with Crippen molar-refractivity contribution in [3.05, 3.63) is 93.5 Å². The van der Waals surface area contributed by atoms with E-state index in [1.165, 1.54) is 16.3 Å². The Balaban J connectivity index is 1.46. The van der Waals surface area contributed by atoms with Crippen molar-refractivity contribution in [1.29, 1.82) is 0 Å². The summed E-state index contributed by atoms with van der Waals surface area (Å²) in [6, 6.07) is 17.4. The summed E-state index contributed by atoms with van der Waals surface area (Å²) in [7, 11) is 3.47. The standard InChI is InChI=1S/C25H25N5O3/c1-28-22-11-12-29(15-17-7-4-3-5-8-17)16-21(22)25(32)30-24(28)20(14-26-30)23(31)27-18-9-6-10-19(13-18)33-2/h3-10,13-14H,11-12,15-16H2,1-2H3,(H,27,31). The zero-order valence-electron chi connectivity index (χ0n) is 18.6. The topological polar surface area (TPSA) is 80.9 Å². The fraction of sp³-hybridized carbons (Fsp3) is 0.240. The zero-order valence-corrected chi connectivity index (χ0v) is 18.6. The molecule has 3 heterocycles. The summed E-state index contributed by atoms with van der Waals surface area (Å²) in [5.74, 6) is 0.323. The second-order valence-corrected chi connectivity index (χ2v) is 8.22. The van der Waals surface area contributed by atoms with Crippen molar-refractivity contribution in [3.63, 3.8) is 0 Å². The highest BCUT2D eigenvalue weighted by molar-refractivity contribution is 6.08. The molecule has 1 N–H and O–H groups in total. The van der Waals surface area contributed by atoms with Gasteiger partial charge in [-0.3, -0.25) is 14.5 Å². The van der Waals surface area contributed by atoms with Crippen molar-refractivity contribution in [3.8, 4) is 5.75 Å². The summed E-state index contributed by atoms with van der Waals surface area (Å²) in [5, 5.41) is 7.15. The molecule has 0 saturated carbocycles. The number of methoxy groups -OCH3 is 1. The monoisotopic (exact) mass is 443 g/mol. The van der Waals surface area contributed by atoms with Gasteiger partial charge in [0.25, 0.3) is 11.5 Å². The Morgan fingerprint density at radius 2 is 1.97 bits per heavy atom. The van der Waals surface area contributed by atoms with Gasteiger partial charge in [-0.2, -0.15) is 9.61 Å². The van der Waals surface area contributed by atoms with Gasteiger partial charge in [0.2, 0.25) is 0 Å². The van der Waals surface area contributed by atoms with E-state index in [-0.39, 0.29) is 11.5 Å². The Morgan fingerprint density at radius 3 is 2.76 bits per heavy atom. The number of fused-ring (bicyclic) bond motifs is 2. The van der Waals surface area contributed by atoms with Crippen LogP contribution < -0.4 is 15.6 Å². The molecule has 5 rings (SSSR count). The molecule has 0 spiro atoms. The van der Waals surface area contributed by atoms with E-state index in [0.29, 0.717) is 29.2 Å². The number of hydrogen-bond acceptors (Lipinski definition) is 5. The van der Waals surface area contributed by atoms with Crippen molar-refractivity contribution in [2.45, 2.75) is 19.5 Å². The maximum absolute atomic E-state index is 13.3. The van der Waals surface area contributed by atoms with E-state index in [1.807, 2.05) is 35.9 Å². The smallest absolute Gasteiger partial charge is 0.279 e. The third kappa shape index (κ3) is 3.89. The molecule has 8 nitrogen and oxygen atoms in total. The highest BCUT2D eigenvalue weighted by atomic mass is 16.5. The van der Waals surface area contributed by atoms with Gasteiger partial charge >= 0.3 is 0 Å². The van der Waals surface area contributed by atoms with Gasteiger partial charge in [-0.15, -0.1) is 0 Å². The minimum Gasteiger partial charge on any atom is -0.497 e. The first kappa shape index (κ1) is 21.0. The predicted octanol–water partition coefficient (Wildman–Crippen LogP) is 2.85. The summed E-state index contributed by atoms with van der Waals surface area (Å²) < 4.78 is 8.50. The summed E-state index contributed by atoms with van der Waals surface area (Å²) in [5.41, 5.74) is 4.19. The molecule has 2 aromatic heterocycles. The number of carbonyl (C=O) groups excluding carboxylic acids is 1. The maximum atomic E-state index is 13.3. The van der Waals surface area contributed by atoms with Crippen LogP contribution in [0.2, 0.25) is 0 Å². The molecule has 0 fully saturated rings. The molecule has 1 aliphatic heterocycles. The number of nitrogens with zero attached hydrogens (tertiary/aromatic N) is 4. The van der Waals surface area contributed by atoms with Gasteiger partial charge in [-0.25, -0.2) is 0 Å². The molecular formula is C25H25N5O3. The maximum Gasteiger partial charge on any atom is 0.279 e. The Morgan fingerprint density at radius 1 is 1.15 bits per heavy atom. The van der Waals surface area contributed by atoms with E-state index in [2.05, 4.69) is 27.4 Å². The molecule has 168 valence electrons. The first-order valence-electron chi connectivity index (χ1n) is 10.9. The van der Waals surface area contributed by atoms with Crippen molar-refractivity contribution in [2.75, 3.05) is 19.0 Å². The number of anilines is 1. The van der Waals surface area contributed by atoms with Gasteiger partial charge in [0.15, 0.2) is 5.65 Å². The van der Waals surface area contributed by atoms with Gasteiger partial charge in [-0.05, 0) is 17.7 Å². The highest BCUT2D eigenvalue weighted by Gasteiger charge is 2.26. The van der Waals surface area contributed by atoms with Crippen molar-refractivity contribution in [2.24, 2.45) is 7.05 Å². The molecule has 0 atom stereocenters. The van der Waals surface area contributed by atoms with Crippen molar-refractivity contribution < 1.29 is 9.53 Å². The van der Waals surface area contributed by atoms with E-state index in [9.17, 15) is 9.59 Å². The van der Waals surface area contributed by atoms with Crippen LogP contribution in [0.25, 0.3) is 5.65 Å². The van der Waals surface area contributed by atoms with Gasteiger partial charge in [0.05, 0.1) is 18.9 Å². The Labute approximate surface area is 191 Å². The van der Waals surface area contributed by atoms with Crippen LogP contribution in [0, 0.1) is 0 Å². The number of nitrogens with one attached hydrogen (secondary N) is 1. The predicted molar refractivity (Wildman–Crippen MR) is 126 cm³/mol. The number of carbonyl (C=O) groups is 1. The third-order valence-corrected chi connectivity index (χ3v) is 6.13. The van der Waals surface area contributed by atoms with Crippen LogP contribution in [0.15, 0.2) is 65.6 Å². The first-order chi connectivity index (χ1) is 16.0. The van der Waals surface area contributed by atoms with E-state index in [4.69, 9.17) is 4.74 Å². The van der Waals surface area contributed by atoms with Crippen LogP contribution in [0.4, 0.5) is 5.69 Å². The molecule has 1 aliphatic rings. The fourth-order valence-corrected chi connectivity index (χ4v) is 4.48. The third-order valence-electron chi connectivity index (χ3n) is 6.13. The van der Waals surface area contributed by atoms with Crippen LogP contribution in [0.3, 0.4) is 0 Å². The Bertz CT molecular complexity index is 1390. The van der Waals surface area contributed by atoms with Gasteiger partial charge in [-0.1, -0.05) is 36.4 Å². The summed E-state index contributed by atoms with van der Waals surface area (Å²) in [6.07, 6.45) is 2.19. The first-order valence-corrected chi connectivity index (χ1v) is 10.9. The molecule has 0 unspecified atom stereocenters. The second kappa shape index (κ2) is 8.55. The van der Waals surface area contributed by atoms with Gasteiger partial charge in [0, 0.05) is 50.6 Å². The quantitative estimate of drug-likeness (QED) is 0.513. The van der Waals surface area contributed by atoms with Gasteiger partial charge in [0.1, 0.15) is 11.3 Å². The SMILES string of the molecule is COc1cccc(NC(=O)c2cnn3c(=O)c4c(n(C)c23)CCN(Cc2ccccc2)C4)c1. The number of hydrogen-bond donors (Lipinski definition) is 1. The largest absolute Gasteiger partial charge is 0.497 e. The minimum atomic E-state index is -0.324. The lowest BCUT2D eigenvalue weighted by molar-refractivity contribution is 0.102. The molecule has 2 aromatic carbocycles. The number of benzene rings is 2. The van der Waals surface area contributed by atoms with E-state index < -0.39 is 0 Å². The normalized spacial score (nSPS) is 13.6. The van der Waals surface area contributed by atoms with Crippen LogP contribution >= 0.6 is 0 Å². The molecule has 4 aromatic rings. The molecule has 0 aliphatic carbocycles. The van der Waals surface area contributed by atoms with Gasteiger partial charge < -0.3 is 14.6 Å². The average molecular weight is 444 g/mol. The fourth-order valence-electron chi connectivity index (χ4n) is 4.48. The zero-order chi connectivity index (χ0) is 22.9. The molecule has 33 heavy (non-hydrogen) atoms. The summed E-state index contributed by atoms with van der Waals surface area (Å²) in [4.78, 5) is 28.6. The second-order valence-electron chi connectivity index (χ2n) is 8.22. The average Bonchev–Trinajstić information content (AvgIpc) is 3.29. The highest BCUT2D eigenvalue weighted by Crippen LogP contribution is 2.22. The Hall–Kier alpha value is -3.91. The molecule has 0 saturated heterocycles. The van der Waals surface area contributed by atoms with Crippen LogP contribution in [0.5, 0.6) is 5.75 Å². The summed E-state index contributed by atoms with van der Waals surface area (Å²) >= 11 is 0. The number of amides is 1. The lowest BCUT2D eigenvalue weighted by Gasteiger charge is -2.29. The molecule has 8 heteroatoms. The van der Waals surface area contributed by atoms with E-state index >= 15 is 0 Å². The lowest BCUT2D eigenvalue weighted by Crippen LogP contribution is -2.38. The molecular weight excluding hydrogens is 418 g/mol. The Kier molecular flexibility index (Phi) is 5.43. The molecule has 0 radical (unpaired) electrons. The van der Waals surface area contributed by atoms with Crippen molar-refractivity contribution >= 4 is 17.2 Å². The summed E-state index contributed by atoms with van der Waals surface area (Å²) in [6.45, 7) is 2.18. The van der Waals surface area contributed by atoms with Crippen LogP contribution in [0.1, 0.15) is 27.2 Å². The minimum absolute atomic E-state index is 0.170. The number of rotatable bonds is 5. The lowest BCUT2D eigenvalue weighted by atomic mass is 10.1. The number of aryl methyl sites for hydroxylation is 1. The van der Waals surface area contributed by atoms with Crippen molar-refractivity contribution in [1.82, 2.24) is 19.1 Å². The van der Waals surface area contributed by atoms with E-state index in [0.717, 1.165) is 30.8 Å². The van der Waals surface area contributed by atoms with Crippen LogP contribution in [-0.2, 0) is 26.6 Å². The van der Waals surface area contributed by atoms with Crippen LogP contribution in [-0.4, -0.2) is 38.6 Å². The molecule has 1 amide bonds. The molecule has 0 bridgehead atoms.